The van der Waals surface area contributed by atoms with Crippen molar-refractivity contribution in [3.8, 4) is 0 Å². The molecule has 0 amide bonds. The van der Waals surface area contributed by atoms with Gasteiger partial charge in [0.2, 0.25) is 0 Å². The van der Waals surface area contributed by atoms with Crippen molar-refractivity contribution < 1.29 is 5.11 Å². The third kappa shape index (κ3) is 3.66. The predicted molar refractivity (Wildman–Crippen MR) is 81.6 cm³/mol. The van der Waals surface area contributed by atoms with Gasteiger partial charge in [-0.15, -0.1) is 0 Å². The molecule has 2 unspecified atom stereocenters. The molecule has 1 aromatic carbocycles. The van der Waals surface area contributed by atoms with Crippen molar-refractivity contribution in [1.29, 1.82) is 0 Å². The highest BCUT2D eigenvalue weighted by molar-refractivity contribution is 7.07. The lowest BCUT2D eigenvalue weighted by atomic mass is 10.00. The minimum Gasteiger partial charge on any atom is -0.387 e. The van der Waals surface area contributed by atoms with Crippen LogP contribution in [0.2, 0.25) is 0 Å². The van der Waals surface area contributed by atoms with Gasteiger partial charge in [0.15, 0.2) is 0 Å². The van der Waals surface area contributed by atoms with Crippen LogP contribution in [0.4, 0.5) is 0 Å². The van der Waals surface area contributed by atoms with Crippen LogP contribution in [0, 0.1) is 13.8 Å². The fourth-order valence-corrected chi connectivity index (χ4v) is 3.00. The van der Waals surface area contributed by atoms with Gasteiger partial charge >= 0.3 is 0 Å². The van der Waals surface area contributed by atoms with E-state index in [0.717, 1.165) is 5.56 Å². The number of nitrogens with one attached hydrogen (secondary N) is 1. The fourth-order valence-electron chi connectivity index (χ4n) is 2.29. The Morgan fingerprint density at radius 1 is 1.26 bits per heavy atom. The molecular formula is C16H21NOS. The van der Waals surface area contributed by atoms with Crippen LogP contribution in [0.5, 0.6) is 0 Å². The summed E-state index contributed by atoms with van der Waals surface area (Å²) in [7, 11) is 0. The first kappa shape index (κ1) is 14.3. The van der Waals surface area contributed by atoms with Gasteiger partial charge in [-0.1, -0.05) is 23.8 Å². The van der Waals surface area contributed by atoms with Crippen molar-refractivity contribution in [2.24, 2.45) is 0 Å². The molecule has 0 saturated heterocycles. The number of benzene rings is 1. The van der Waals surface area contributed by atoms with Gasteiger partial charge in [0.25, 0.3) is 0 Å². The van der Waals surface area contributed by atoms with Gasteiger partial charge in [-0.3, -0.25) is 0 Å². The van der Waals surface area contributed by atoms with E-state index in [1.165, 1.54) is 16.7 Å². The van der Waals surface area contributed by atoms with Crippen molar-refractivity contribution in [3.63, 3.8) is 0 Å². The zero-order valence-electron chi connectivity index (χ0n) is 11.7. The van der Waals surface area contributed by atoms with E-state index in [9.17, 15) is 5.11 Å². The van der Waals surface area contributed by atoms with E-state index in [-0.39, 0.29) is 6.04 Å². The normalized spacial score (nSPS) is 14.3. The topological polar surface area (TPSA) is 32.3 Å². The Bertz CT molecular complexity index is 522. The average Bonchev–Trinajstić information content (AvgIpc) is 2.89. The highest BCUT2D eigenvalue weighted by Gasteiger charge is 2.12. The van der Waals surface area contributed by atoms with Crippen LogP contribution < -0.4 is 5.32 Å². The Hall–Kier alpha value is -1.16. The van der Waals surface area contributed by atoms with Crippen LogP contribution >= 0.6 is 11.3 Å². The molecule has 2 rings (SSSR count). The summed E-state index contributed by atoms with van der Waals surface area (Å²) in [5.74, 6) is 0. The molecule has 102 valence electrons. The maximum Gasteiger partial charge on any atom is 0.0922 e. The summed E-state index contributed by atoms with van der Waals surface area (Å²) in [6.07, 6.45) is -0.431. The molecule has 0 fully saturated rings. The van der Waals surface area contributed by atoms with E-state index in [2.05, 4.69) is 44.3 Å². The predicted octanol–water partition coefficient (Wildman–Crippen LogP) is 3.75. The molecule has 0 bridgehead atoms. The van der Waals surface area contributed by atoms with Crippen LogP contribution in [0.1, 0.15) is 41.3 Å². The van der Waals surface area contributed by atoms with Gasteiger partial charge in [-0.05, 0) is 54.3 Å². The van der Waals surface area contributed by atoms with E-state index >= 15 is 0 Å². The molecular weight excluding hydrogens is 254 g/mol. The minimum absolute atomic E-state index is 0.244. The van der Waals surface area contributed by atoms with Crippen molar-refractivity contribution in [1.82, 2.24) is 5.32 Å². The second kappa shape index (κ2) is 6.33. The van der Waals surface area contributed by atoms with Gasteiger partial charge in [0.1, 0.15) is 0 Å². The summed E-state index contributed by atoms with van der Waals surface area (Å²) >= 11 is 1.61. The summed E-state index contributed by atoms with van der Waals surface area (Å²) in [5.41, 5.74) is 4.87. The second-order valence-corrected chi connectivity index (χ2v) is 5.84. The van der Waals surface area contributed by atoms with Gasteiger partial charge in [-0.2, -0.15) is 11.3 Å². The molecule has 2 atom stereocenters. The molecule has 0 spiro atoms. The van der Waals surface area contributed by atoms with Crippen LogP contribution in [0.15, 0.2) is 35.0 Å². The lowest BCUT2D eigenvalue weighted by Gasteiger charge is -2.19. The molecule has 2 aromatic rings. The van der Waals surface area contributed by atoms with E-state index < -0.39 is 6.10 Å². The monoisotopic (exact) mass is 275 g/mol. The number of aliphatic hydroxyl groups excluding tert-OH is 1. The number of thiophene rings is 1. The molecule has 0 saturated carbocycles. The Labute approximate surface area is 119 Å². The maximum absolute atomic E-state index is 10.1. The molecule has 2 N–H and O–H groups in total. The Morgan fingerprint density at radius 3 is 2.68 bits per heavy atom. The minimum atomic E-state index is -0.431. The summed E-state index contributed by atoms with van der Waals surface area (Å²) in [5, 5.41) is 17.5. The summed E-state index contributed by atoms with van der Waals surface area (Å²) in [4.78, 5) is 0. The maximum atomic E-state index is 10.1. The van der Waals surface area contributed by atoms with Crippen LogP contribution in [0.25, 0.3) is 0 Å². The van der Waals surface area contributed by atoms with E-state index in [1.807, 2.05) is 16.8 Å². The number of hydrogen-bond acceptors (Lipinski definition) is 3. The molecule has 3 heteroatoms. The molecule has 0 aliphatic rings. The SMILES string of the molecule is Cc1ccc(C(C)NCC(O)c2ccsc2)c(C)c1. The molecule has 19 heavy (non-hydrogen) atoms. The third-order valence-electron chi connectivity index (χ3n) is 3.44. The number of rotatable bonds is 5. The zero-order chi connectivity index (χ0) is 13.8. The van der Waals surface area contributed by atoms with Crippen molar-refractivity contribution in [2.45, 2.75) is 32.9 Å². The molecule has 0 radical (unpaired) electrons. The van der Waals surface area contributed by atoms with Gasteiger partial charge in [-0.25, -0.2) is 0 Å². The Balaban J connectivity index is 1.96. The smallest absolute Gasteiger partial charge is 0.0922 e. The van der Waals surface area contributed by atoms with E-state index in [4.69, 9.17) is 0 Å². The van der Waals surface area contributed by atoms with E-state index in [0.29, 0.717) is 6.54 Å². The summed E-state index contributed by atoms with van der Waals surface area (Å²) < 4.78 is 0. The number of hydrogen-bond donors (Lipinski definition) is 2. The quantitative estimate of drug-likeness (QED) is 0.871. The highest BCUT2D eigenvalue weighted by atomic mass is 32.1. The van der Waals surface area contributed by atoms with E-state index in [1.54, 1.807) is 11.3 Å². The standard InChI is InChI=1S/C16H21NOS/c1-11-4-5-15(12(2)8-11)13(3)17-9-16(18)14-6-7-19-10-14/h4-8,10,13,16-18H,9H2,1-3H3. The van der Waals surface area contributed by atoms with Crippen LogP contribution in [-0.4, -0.2) is 11.7 Å². The summed E-state index contributed by atoms with van der Waals surface area (Å²) in [6, 6.07) is 8.71. The zero-order valence-corrected chi connectivity index (χ0v) is 12.5. The molecule has 0 aliphatic heterocycles. The first-order valence-electron chi connectivity index (χ1n) is 6.58. The Kier molecular flexibility index (Phi) is 4.75. The molecule has 2 nitrogen and oxygen atoms in total. The first-order chi connectivity index (χ1) is 9.08. The van der Waals surface area contributed by atoms with Gasteiger partial charge < -0.3 is 10.4 Å². The van der Waals surface area contributed by atoms with Crippen LogP contribution in [-0.2, 0) is 0 Å². The lowest BCUT2D eigenvalue weighted by molar-refractivity contribution is 0.171. The van der Waals surface area contributed by atoms with Crippen molar-refractivity contribution >= 4 is 11.3 Å². The number of aryl methyl sites for hydroxylation is 2. The van der Waals surface area contributed by atoms with Crippen molar-refractivity contribution in [2.75, 3.05) is 6.54 Å². The molecule has 1 aromatic heterocycles. The van der Waals surface area contributed by atoms with Gasteiger partial charge in [0.05, 0.1) is 6.10 Å². The largest absolute Gasteiger partial charge is 0.387 e. The highest BCUT2D eigenvalue weighted by Crippen LogP contribution is 2.20. The fraction of sp³-hybridized carbons (Fsp3) is 0.375. The molecule has 1 heterocycles. The number of aliphatic hydroxyl groups is 1. The third-order valence-corrected chi connectivity index (χ3v) is 4.14. The second-order valence-electron chi connectivity index (χ2n) is 5.06. The first-order valence-corrected chi connectivity index (χ1v) is 7.53. The molecule has 0 aliphatic carbocycles. The van der Waals surface area contributed by atoms with Crippen LogP contribution in [0.3, 0.4) is 0 Å². The van der Waals surface area contributed by atoms with Crippen molar-refractivity contribution in [3.05, 3.63) is 57.3 Å². The summed E-state index contributed by atoms with van der Waals surface area (Å²) in [6.45, 7) is 6.95. The Morgan fingerprint density at radius 2 is 2.05 bits per heavy atom. The van der Waals surface area contributed by atoms with Gasteiger partial charge in [0, 0.05) is 12.6 Å². The lowest BCUT2D eigenvalue weighted by Crippen LogP contribution is -2.25. The average molecular weight is 275 g/mol.